The fourth-order valence-corrected chi connectivity index (χ4v) is 1.62. The van der Waals surface area contributed by atoms with Gasteiger partial charge in [0.05, 0.1) is 11.3 Å². The Hall–Kier alpha value is -1.14. The van der Waals surface area contributed by atoms with Gasteiger partial charge >= 0.3 is 0 Å². The quantitative estimate of drug-likeness (QED) is 0.347. The van der Waals surface area contributed by atoms with E-state index in [-0.39, 0.29) is 5.91 Å². The molecule has 6 heteroatoms. The van der Waals surface area contributed by atoms with Crippen molar-refractivity contribution in [3.63, 3.8) is 0 Å². The zero-order valence-electron chi connectivity index (χ0n) is 6.84. The number of hydrogen-bond donors (Lipinski definition) is 3. The lowest BCUT2D eigenvalue weighted by Crippen LogP contribution is -2.30. The topological polar surface area (TPSA) is 80.0 Å². The van der Waals surface area contributed by atoms with E-state index in [1.165, 1.54) is 11.5 Å². The lowest BCUT2D eigenvalue weighted by Gasteiger charge is -2.00. The van der Waals surface area contributed by atoms with Gasteiger partial charge in [0.25, 0.3) is 5.91 Å². The number of hydrazine groups is 1. The summed E-state index contributed by atoms with van der Waals surface area (Å²) in [6.07, 6.45) is 0. The molecule has 1 amide bonds. The summed E-state index contributed by atoms with van der Waals surface area (Å²) in [5.41, 5.74) is 3.28. The maximum Gasteiger partial charge on any atom is 0.270 e. The summed E-state index contributed by atoms with van der Waals surface area (Å²) in [6, 6.07) is 0. The Kier molecular flexibility index (Phi) is 2.61. The number of aromatic nitrogens is 1. The van der Waals surface area contributed by atoms with Gasteiger partial charge in [0.1, 0.15) is 5.00 Å². The minimum absolute atomic E-state index is 0.314. The third kappa shape index (κ3) is 1.39. The van der Waals surface area contributed by atoms with Crippen LogP contribution in [0.3, 0.4) is 0 Å². The first-order valence-corrected chi connectivity index (χ1v) is 4.13. The number of aryl methyl sites for hydroxylation is 1. The molecule has 5 nitrogen and oxygen atoms in total. The SMILES string of the molecule is CNc1snc(C)c1C(=O)NN. The summed E-state index contributed by atoms with van der Waals surface area (Å²) in [5, 5.41) is 3.60. The van der Waals surface area contributed by atoms with Crippen molar-refractivity contribution < 1.29 is 4.79 Å². The van der Waals surface area contributed by atoms with Gasteiger partial charge in [-0.2, -0.15) is 4.37 Å². The van der Waals surface area contributed by atoms with Crippen LogP contribution in [-0.4, -0.2) is 17.3 Å². The Bertz CT molecular complexity index is 296. The zero-order chi connectivity index (χ0) is 9.14. The van der Waals surface area contributed by atoms with Crippen LogP contribution in [0.4, 0.5) is 5.00 Å². The molecule has 0 aliphatic carbocycles. The van der Waals surface area contributed by atoms with Crippen molar-refractivity contribution in [3.8, 4) is 0 Å². The molecule has 1 rings (SSSR count). The number of nitrogen functional groups attached to an aromatic ring is 1. The van der Waals surface area contributed by atoms with E-state index in [1.54, 1.807) is 14.0 Å². The lowest BCUT2D eigenvalue weighted by atomic mass is 10.2. The van der Waals surface area contributed by atoms with Crippen LogP contribution in [0.1, 0.15) is 16.1 Å². The van der Waals surface area contributed by atoms with Gasteiger partial charge in [-0.05, 0) is 18.5 Å². The Balaban J connectivity index is 3.10. The molecule has 0 atom stereocenters. The molecule has 0 unspecified atom stereocenters. The molecule has 0 saturated carbocycles. The Morgan fingerprint density at radius 2 is 2.33 bits per heavy atom. The fourth-order valence-electron chi connectivity index (χ4n) is 0.880. The first kappa shape index (κ1) is 8.95. The second kappa shape index (κ2) is 3.51. The normalized spacial score (nSPS) is 9.58. The van der Waals surface area contributed by atoms with Crippen LogP contribution in [0.25, 0.3) is 0 Å². The molecule has 1 aromatic rings. The Labute approximate surface area is 74.1 Å². The number of hydrogen-bond acceptors (Lipinski definition) is 5. The highest BCUT2D eigenvalue weighted by atomic mass is 32.1. The van der Waals surface area contributed by atoms with Crippen molar-refractivity contribution in [2.75, 3.05) is 12.4 Å². The second-order valence-electron chi connectivity index (χ2n) is 2.20. The largest absolute Gasteiger partial charge is 0.378 e. The van der Waals surface area contributed by atoms with Gasteiger partial charge in [0.15, 0.2) is 0 Å². The van der Waals surface area contributed by atoms with Gasteiger partial charge in [-0.15, -0.1) is 0 Å². The van der Waals surface area contributed by atoms with E-state index >= 15 is 0 Å². The molecule has 4 N–H and O–H groups in total. The Morgan fingerprint density at radius 1 is 1.67 bits per heavy atom. The van der Waals surface area contributed by atoms with Crippen molar-refractivity contribution >= 4 is 22.4 Å². The predicted molar refractivity (Wildman–Crippen MR) is 48.1 cm³/mol. The number of carbonyl (C=O) groups is 1. The van der Waals surface area contributed by atoms with Gasteiger partial charge in [-0.1, -0.05) is 0 Å². The molecule has 0 saturated heterocycles. The first-order valence-electron chi connectivity index (χ1n) is 3.35. The van der Waals surface area contributed by atoms with Crippen LogP contribution in [0.5, 0.6) is 0 Å². The number of nitrogens with one attached hydrogen (secondary N) is 2. The summed E-state index contributed by atoms with van der Waals surface area (Å²) in [5.74, 6) is 4.69. The smallest absolute Gasteiger partial charge is 0.270 e. The maximum atomic E-state index is 11.2. The van der Waals surface area contributed by atoms with Crippen LogP contribution in [0.15, 0.2) is 0 Å². The molecule has 0 aromatic carbocycles. The van der Waals surface area contributed by atoms with Gasteiger partial charge in [-0.3, -0.25) is 10.2 Å². The summed E-state index contributed by atoms with van der Waals surface area (Å²) >= 11 is 1.24. The zero-order valence-corrected chi connectivity index (χ0v) is 7.66. The van der Waals surface area contributed by atoms with Gasteiger partial charge in [-0.25, -0.2) is 5.84 Å². The van der Waals surface area contributed by atoms with Crippen LogP contribution in [0, 0.1) is 6.92 Å². The number of rotatable bonds is 2. The van der Waals surface area contributed by atoms with Crippen LogP contribution < -0.4 is 16.6 Å². The average Bonchev–Trinajstić information content (AvgIpc) is 2.45. The van der Waals surface area contributed by atoms with Crippen molar-refractivity contribution in [1.82, 2.24) is 9.80 Å². The Morgan fingerprint density at radius 3 is 2.83 bits per heavy atom. The minimum atomic E-state index is -0.314. The van der Waals surface area contributed by atoms with Gasteiger partial charge in [0.2, 0.25) is 0 Å². The van der Waals surface area contributed by atoms with Crippen LogP contribution in [-0.2, 0) is 0 Å². The van der Waals surface area contributed by atoms with E-state index < -0.39 is 0 Å². The van der Waals surface area contributed by atoms with E-state index in [1.807, 2.05) is 0 Å². The van der Waals surface area contributed by atoms with Crippen molar-refractivity contribution in [2.24, 2.45) is 5.84 Å². The first-order chi connectivity index (χ1) is 5.70. The number of carbonyl (C=O) groups excluding carboxylic acids is 1. The summed E-state index contributed by atoms with van der Waals surface area (Å²) < 4.78 is 4.02. The van der Waals surface area contributed by atoms with Crippen molar-refractivity contribution in [1.29, 1.82) is 0 Å². The van der Waals surface area contributed by atoms with Gasteiger partial charge in [0, 0.05) is 7.05 Å². The van der Waals surface area contributed by atoms with E-state index in [4.69, 9.17) is 5.84 Å². The maximum absolute atomic E-state index is 11.2. The molecule has 12 heavy (non-hydrogen) atoms. The monoisotopic (exact) mass is 186 g/mol. The van der Waals surface area contributed by atoms with E-state index in [2.05, 4.69) is 15.1 Å². The number of nitrogens with zero attached hydrogens (tertiary/aromatic N) is 1. The molecule has 1 heterocycles. The van der Waals surface area contributed by atoms with Gasteiger partial charge < -0.3 is 5.32 Å². The van der Waals surface area contributed by atoms with Crippen LogP contribution >= 0.6 is 11.5 Å². The molecule has 0 spiro atoms. The minimum Gasteiger partial charge on any atom is -0.378 e. The molecular weight excluding hydrogens is 176 g/mol. The molecule has 0 aliphatic rings. The average molecular weight is 186 g/mol. The molecule has 0 radical (unpaired) electrons. The lowest BCUT2D eigenvalue weighted by molar-refractivity contribution is 0.0954. The second-order valence-corrected chi connectivity index (χ2v) is 2.97. The highest BCUT2D eigenvalue weighted by Crippen LogP contribution is 2.23. The summed E-state index contributed by atoms with van der Waals surface area (Å²) in [4.78, 5) is 11.2. The molecule has 0 aliphatic heterocycles. The number of amides is 1. The number of anilines is 1. The highest BCUT2D eigenvalue weighted by Gasteiger charge is 2.15. The molecule has 66 valence electrons. The third-order valence-corrected chi connectivity index (χ3v) is 2.40. The number of nitrogens with two attached hydrogens (primary N) is 1. The van der Waals surface area contributed by atoms with Crippen molar-refractivity contribution in [3.05, 3.63) is 11.3 Å². The van der Waals surface area contributed by atoms with Crippen molar-refractivity contribution in [2.45, 2.75) is 6.92 Å². The molecule has 0 fully saturated rings. The highest BCUT2D eigenvalue weighted by molar-refractivity contribution is 7.10. The fraction of sp³-hybridized carbons (Fsp3) is 0.333. The molecular formula is C6H10N4OS. The summed E-state index contributed by atoms with van der Waals surface area (Å²) in [7, 11) is 1.74. The van der Waals surface area contributed by atoms with Crippen LogP contribution in [0.2, 0.25) is 0 Å². The van der Waals surface area contributed by atoms with E-state index in [0.717, 1.165) is 5.00 Å². The van der Waals surface area contributed by atoms with E-state index in [0.29, 0.717) is 11.3 Å². The third-order valence-electron chi connectivity index (χ3n) is 1.45. The standard InChI is InChI=1S/C6H10N4OS/c1-3-4(5(11)9-7)6(8-2)12-10-3/h8H,7H2,1-2H3,(H,9,11). The van der Waals surface area contributed by atoms with E-state index in [9.17, 15) is 4.79 Å². The summed E-state index contributed by atoms with van der Waals surface area (Å²) in [6.45, 7) is 1.77. The predicted octanol–water partition coefficient (Wildman–Crippen LogP) is 0.0967. The molecule has 0 bridgehead atoms. The molecule has 1 aromatic heterocycles.